The molecule has 0 atom stereocenters. The highest BCUT2D eigenvalue weighted by molar-refractivity contribution is 9.10. The molecule has 0 amide bonds. The molecule has 0 spiro atoms. The lowest BCUT2D eigenvalue weighted by atomic mass is 10.1. The molecule has 1 heterocycles. The minimum atomic E-state index is -4.41. The molecule has 106 valence electrons. The number of aromatic amines is 1. The minimum Gasteiger partial charge on any atom is -0.379 e. The van der Waals surface area contributed by atoms with Gasteiger partial charge in [0, 0.05) is 6.54 Å². The number of hydrogen-bond acceptors (Lipinski definition) is 3. The molecule has 2 N–H and O–H groups in total. The van der Waals surface area contributed by atoms with Gasteiger partial charge >= 0.3 is 6.18 Å². The standard InChI is InChI=1S/C12H9BrF3N3O/c13-10-9(6-18-19-11(10)20)17-5-7-3-1-2-4-8(7)12(14,15)16/h1-4,6H,5H2,(H2,17,19,20). The van der Waals surface area contributed by atoms with Gasteiger partial charge in [-0.25, -0.2) is 5.10 Å². The first-order valence-electron chi connectivity index (χ1n) is 5.51. The molecule has 0 fully saturated rings. The minimum absolute atomic E-state index is 0.0700. The van der Waals surface area contributed by atoms with Gasteiger partial charge in [0.25, 0.3) is 5.56 Å². The van der Waals surface area contributed by atoms with Crippen LogP contribution in [0.5, 0.6) is 0 Å². The quantitative estimate of drug-likeness (QED) is 0.896. The monoisotopic (exact) mass is 347 g/mol. The highest BCUT2D eigenvalue weighted by atomic mass is 79.9. The first-order valence-corrected chi connectivity index (χ1v) is 6.31. The van der Waals surface area contributed by atoms with E-state index in [-0.39, 0.29) is 16.6 Å². The summed E-state index contributed by atoms with van der Waals surface area (Å²) in [6.45, 7) is -0.0700. The van der Waals surface area contributed by atoms with Gasteiger partial charge in [-0.05, 0) is 27.6 Å². The number of hydrogen-bond donors (Lipinski definition) is 2. The fraction of sp³-hybridized carbons (Fsp3) is 0.167. The number of alkyl halides is 3. The van der Waals surface area contributed by atoms with Gasteiger partial charge in [-0.1, -0.05) is 18.2 Å². The van der Waals surface area contributed by atoms with Gasteiger partial charge in [-0.2, -0.15) is 18.3 Å². The highest BCUT2D eigenvalue weighted by Crippen LogP contribution is 2.32. The van der Waals surface area contributed by atoms with Crippen molar-refractivity contribution in [2.75, 3.05) is 5.32 Å². The molecule has 0 aliphatic rings. The van der Waals surface area contributed by atoms with Crippen molar-refractivity contribution in [1.82, 2.24) is 10.2 Å². The molecule has 4 nitrogen and oxygen atoms in total. The summed E-state index contributed by atoms with van der Waals surface area (Å²) in [5.41, 5.74) is -0.751. The summed E-state index contributed by atoms with van der Waals surface area (Å²) in [7, 11) is 0. The van der Waals surface area contributed by atoms with Crippen molar-refractivity contribution in [3.8, 4) is 0 Å². The van der Waals surface area contributed by atoms with E-state index >= 15 is 0 Å². The maximum Gasteiger partial charge on any atom is 0.416 e. The molecule has 0 unspecified atom stereocenters. The van der Waals surface area contributed by atoms with Crippen LogP contribution in [0.1, 0.15) is 11.1 Å². The molecule has 0 radical (unpaired) electrons. The summed E-state index contributed by atoms with van der Waals surface area (Å²) in [4.78, 5) is 11.3. The topological polar surface area (TPSA) is 57.8 Å². The van der Waals surface area contributed by atoms with Crippen molar-refractivity contribution in [3.05, 3.63) is 56.4 Å². The number of H-pyrrole nitrogens is 1. The van der Waals surface area contributed by atoms with Crippen LogP contribution in [-0.4, -0.2) is 10.2 Å². The fourth-order valence-electron chi connectivity index (χ4n) is 1.65. The zero-order chi connectivity index (χ0) is 14.8. The Morgan fingerprint density at radius 1 is 1.30 bits per heavy atom. The normalized spacial score (nSPS) is 11.4. The smallest absolute Gasteiger partial charge is 0.379 e. The Hall–Kier alpha value is -1.83. The van der Waals surface area contributed by atoms with E-state index in [1.807, 2.05) is 0 Å². The first kappa shape index (κ1) is 14.6. The predicted octanol–water partition coefficient (Wildman–Crippen LogP) is 3.16. The van der Waals surface area contributed by atoms with E-state index in [4.69, 9.17) is 0 Å². The zero-order valence-corrected chi connectivity index (χ0v) is 11.5. The Labute approximate surface area is 120 Å². The number of rotatable bonds is 3. The van der Waals surface area contributed by atoms with E-state index in [9.17, 15) is 18.0 Å². The lowest BCUT2D eigenvalue weighted by Crippen LogP contribution is -2.14. The maximum atomic E-state index is 12.8. The Morgan fingerprint density at radius 2 is 2.00 bits per heavy atom. The molecule has 0 aliphatic carbocycles. The number of anilines is 1. The van der Waals surface area contributed by atoms with Crippen LogP contribution in [0.25, 0.3) is 0 Å². The van der Waals surface area contributed by atoms with Crippen LogP contribution in [0.15, 0.2) is 39.7 Å². The van der Waals surface area contributed by atoms with E-state index in [2.05, 4.69) is 31.4 Å². The summed E-state index contributed by atoms with van der Waals surface area (Å²) in [6.07, 6.45) is -3.09. The molecular weight excluding hydrogens is 339 g/mol. The molecule has 2 rings (SSSR count). The van der Waals surface area contributed by atoms with Crippen molar-refractivity contribution < 1.29 is 13.2 Å². The molecule has 1 aromatic carbocycles. The van der Waals surface area contributed by atoms with Gasteiger partial charge in [0.15, 0.2) is 0 Å². The third-order valence-corrected chi connectivity index (χ3v) is 3.37. The second kappa shape index (κ2) is 5.66. The number of nitrogens with zero attached hydrogens (tertiary/aromatic N) is 1. The Morgan fingerprint density at radius 3 is 2.70 bits per heavy atom. The Bertz CT molecular complexity index is 669. The summed E-state index contributed by atoms with van der Waals surface area (Å²) >= 11 is 3.04. The summed E-state index contributed by atoms with van der Waals surface area (Å²) in [5, 5.41) is 8.53. The van der Waals surface area contributed by atoms with E-state index < -0.39 is 17.3 Å². The predicted molar refractivity (Wildman–Crippen MR) is 71.3 cm³/mol. The lowest BCUT2D eigenvalue weighted by molar-refractivity contribution is -0.138. The number of nitrogens with one attached hydrogen (secondary N) is 2. The first-order chi connectivity index (χ1) is 9.39. The average molecular weight is 348 g/mol. The maximum absolute atomic E-state index is 12.8. The van der Waals surface area contributed by atoms with Crippen LogP contribution >= 0.6 is 15.9 Å². The van der Waals surface area contributed by atoms with Crippen LogP contribution in [0.2, 0.25) is 0 Å². The van der Waals surface area contributed by atoms with Crippen LogP contribution in [-0.2, 0) is 12.7 Å². The number of benzene rings is 1. The summed E-state index contributed by atoms with van der Waals surface area (Å²) in [6, 6.07) is 5.25. The largest absolute Gasteiger partial charge is 0.416 e. The van der Waals surface area contributed by atoms with E-state index in [0.717, 1.165) is 6.07 Å². The highest BCUT2D eigenvalue weighted by Gasteiger charge is 2.32. The zero-order valence-electron chi connectivity index (χ0n) is 9.96. The van der Waals surface area contributed by atoms with Gasteiger partial charge < -0.3 is 5.32 Å². The SMILES string of the molecule is O=c1[nH]ncc(NCc2ccccc2C(F)(F)F)c1Br. The number of halogens is 4. The van der Waals surface area contributed by atoms with Gasteiger partial charge in [-0.15, -0.1) is 0 Å². The molecule has 0 bridgehead atoms. The van der Waals surface area contributed by atoms with Crippen molar-refractivity contribution in [1.29, 1.82) is 0 Å². The van der Waals surface area contributed by atoms with Crippen molar-refractivity contribution in [2.24, 2.45) is 0 Å². The molecule has 8 heteroatoms. The summed E-state index contributed by atoms with van der Waals surface area (Å²) < 4.78 is 38.6. The Balaban J connectivity index is 2.24. The molecule has 1 aromatic heterocycles. The van der Waals surface area contributed by atoms with E-state index in [0.29, 0.717) is 5.69 Å². The number of aromatic nitrogens is 2. The molecular formula is C12H9BrF3N3O. The third-order valence-electron chi connectivity index (χ3n) is 2.59. The molecule has 2 aromatic rings. The van der Waals surface area contributed by atoms with Crippen LogP contribution in [0, 0.1) is 0 Å². The van der Waals surface area contributed by atoms with Gasteiger partial charge in [0.1, 0.15) is 4.47 Å². The molecule has 20 heavy (non-hydrogen) atoms. The lowest BCUT2D eigenvalue weighted by Gasteiger charge is -2.14. The second-order valence-corrected chi connectivity index (χ2v) is 4.73. The van der Waals surface area contributed by atoms with Gasteiger partial charge in [0.05, 0.1) is 17.4 Å². The summed E-state index contributed by atoms with van der Waals surface area (Å²) in [5.74, 6) is 0. The third kappa shape index (κ3) is 3.19. The van der Waals surface area contributed by atoms with Crippen molar-refractivity contribution >= 4 is 21.6 Å². The molecule has 0 saturated heterocycles. The van der Waals surface area contributed by atoms with Crippen LogP contribution in [0.3, 0.4) is 0 Å². The van der Waals surface area contributed by atoms with Crippen LogP contribution < -0.4 is 10.9 Å². The molecule has 0 saturated carbocycles. The van der Waals surface area contributed by atoms with Crippen LogP contribution in [0.4, 0.5) is 18.9 Å². The average Bonchev–Trinajstić information content (AvgIpc) is 2.40. The van der Waals surface area contributed by atoms with Gasteiger partial charge in [-0.3, -0.25) is 4.79 Å². The second-order valence-electron chi connectivity index (χ2n) is 3.94. The van der Waals surface area contributed by atoms with Gasteiger partial charge in [0.2, 0.25) is 0 Å². The Kier molecular flexibility index (Phi) is 4.12. The van der Waals surface area contributed by atoms with E-state index in [1.54, 1.807) is 0 Å². The van der Waals surface area contributed by atoms with Crippen molar-refractivity contribution in [2.45, 2.75) is 12.7 Å². The fourth-order valence-corrected chi connectivity index (χ4v) is 1.98. The van der Waals surface area contributed by atoms with Crippen molar-refractivity contribution in [3.63, 3.8) is 0 Å². The molecule has 0 aliphatic heterocycles. The van der Waals surface area contributed by atoms with E-state index in [1.165, 1.54) is 24.4 Å².